The van der Waals surface area contributed by atoms with Crippen molar-refractivity contribution in [2.45, 2.75) is 85.5 Å². The van der Waals surface area contributed by atoms with Gasteiger partial charge in [0.2, 0.25) is 0 Å². The average molecular weight is 282 g/mol. The van der Waals surface area contributed by atoms with E-state index in [0.29, 0.717) is 5.41 Å². The van der Waals surface area contributed by atoms with Crippen LogP contribution in [0.5, 0.6) is 0 Å². The van der Waals surface area contributed by atoms with Crippen LogP contribution in [0, 0.1) is 5.41 Å². The minimum absolute atomic E-state index is 0.529. The summed E-state index contributed by atoms with van der Waals surface area (Å²) in [5.74, 6) is 1.55. The summed E-state index contributed by atoms with van der Waals surface area (Å²) in [7, 11) is 0. The Balaban J connectivity index is 0.000000415. The van der Waals surface area contributed by atoms with E-state index in [-0.39, 0.29) is 0 Å². The number of rotatable bonds is 2. The molecule has 0 aliphatic heterocycles. The fourth-order valence-corrected chi connectivity index (χ4v) is 3.84. The molecule has 0 amide bonds. The number of hydrogen-bond acceptors (Lipinski definition) is 2. The fourth-order valence-electron chi connectivity index (χ4n) is 2.79. The van der Waals surface area contributed by atoms with Gasteiger partial charge in [0.15, 0.2) is 0 Å². The maximum atomic E-state index is 4.87. The van der Waals surface area contributed by atoms with E-state index in [1.54, 1.807) is 0 Å². The van der Waals surface area contributed by atoms with E-state index in [1.165, 1.54) is 42.8 Å². The fraction of sp³-hybridized carbons (Fsp3) is 0.824. The molecule has 1 atom stereocenters. The highest BCUT2D eigenvalue weighted by atomic mass is 32.1. The van der Waals surface area contributed by atoms with Gasteiger partial charge in [-0.1, -0.05) is 54.4 Å². The van der Waals surface area contributed by atoms with Crippen molar-refractivity contribution in [1.29, 1.82) is 0 Å². The molecule has 1 aromatic heterocycles. The summed E-state index contributed by atoms with van der Waals surface area (Å²) in [5.41, 5.74) is 1.91. The number of nitrogens with zero attached hydrogens (tertiary/aromatic N) is 1. The predicted octanol–water partition coefficient (Wildman–Crippen LogP) is 6.37. The zero-order valence-electron chi connectivity index (χ0n) is 13.6. The highest BCUT2D eigenvalue weighted by Crippen LogP contribution is 2.58. The van der Waals surface area contributed by atoms with Crippen molar-refractivity contribution in [3.63, 3.8) is 0 Å². The third-order valence-corrected chi connectivity index (χ3v) is 5.14. The Bertz CT molecular complexity index is 342. The standard InChI is InChI=1S/C13H19NS.2C2H6/c1-13(2)7-10(13)11-8-15-12(14-11)9-5-3-4-6-9;2*1-2/h8-10H,3-7H2,1-2H3;2*1-2H3. The molecule has 2 fully saturated rings. The zero-order chi connectivity index (χ0) is 14.5. The third kappa shape index (κ3) is 4.05. The lowest BCUT2D eigenvalue weighted by atomic mass is 10.1. The van der Waals surface area contributed by atoms with Gasteiger partial charge in [-0.2, -0.15) is 0 Å². The average Bonchev–Trinajstić information content (AvgIpc) is 2.95. The highest BCUT2D eigenvalue weighted by Gasteiger charge is 2.47. The molecule has 2 saturated carbocycles. The second kappa shape index (κ2) is 7.42. The van der Waals surface area contributed by atoms with Crippen LogP contribution in [-0.2, 0) is 0 Å². The van der Waals surface area contributed by atoms with Gasteiger partial charge >= 0.3 is 0 Å². The Labute approximate surface area is 123 Å². The topological polar surface area (TPSA) is 12.9 Å². The molecule has 110 valence electrons. The Kier molecular flexibility index (Phi) is 6.52. The van der Waals surface area contributed by atoms with Gasteiger partial charge in [0.1, 0.15) is 0 Å². The van der Waals surface area contributed by atoms with Crippen LogP contribution in [0.2, 0.25) is 0 Å². The van der Waals surface area contributed by atoms with Crippen molar-refractivity contribution in [2.75, 3.05) is 0 Å². The van der Waals surface area contributed by atoms with Crippen LogP contribution in [0.25, 0.3) is 0 Å². The first-order valence-electron chi connectivity index (χ1n) is 8.12. The minimum Gasteiger partial charge on any atom is -0.246 e. The lowest BCUT2D eigenvalue weighted by Crippen LogP contribution is -1.94. The molecule has 0 saturated heterocycles. The third-order valence-electron chi connectivity index (χ3n) is 4.11. The summed E-state index contributed by atoms with van der Waals surface area (Å²) < 4.78 is 0. The van der Waals surface area contributed by atoms with E-state index in [1.807, 2.05) is 39.0 Å². The molecular weight excluding hydrogens is 250 g/mol. The molecule has 1 aromatic rings. The van der Waals surface area contributed by atoms with E-state index < -0.39 is 0 Å². The molecule has 0 aromatic carbocycles. The van der Waals surface area contributed by atoms with Gasteiger partial charge in [0.25, 0.3) is 0 Å². The van der Waals surface area contributed by atoms with Gasteiger partial charge in [-0.3, -0.25) is 0 Å². The van der Waals surface area contributed by atoms with Crippen molar-refractivity contribution >= 4 is 11.3 Å². The maximum Gasteiger partial charge on any atom is 0.0959 e. The molecule has 0 spiro atoms. The normalized spacial score (nSPS) is 24.0. The maximum absolute atomic E-state index is 4.87. The Morgan fingerprint density at radius 2 is 1.63 bits per heavy atom. The van der Waals surface area contributed by atoms with Crippen LogP contribution in [0.15, 0.2) is 5.38 Å². The highest BCUT2D eigenvalue weighted by molar-refractivity contribution is 7.09. The largest absolute Gasteiger partial charge is 0.246 e. The van der Waals surface area contributed by atoms with Crippen molar-refractivity contribution < 1.29 is 0 Å². The molecule has 2 heteroatoms. The van der Waals surface area contributed by atoms with E-state index in [9.17, 15) is 0 Å². The second-order valence-electron chi connectivity index (χ2n) is 5.84. The van der Waals surface area contributed by atoms with Gasteiger partial charge < -0.3 is 0 Å². The van der Waals surface area contributed by atoms with Gasteiger partial charge in [-0.15, -0.1) is 11.3 Å². The van der Waals surface area contributed by atoms with Gasteiger partial charge in [-0.25, -0.2) is 4.98 Å². The SMILES string of the molecule is CC.CC.CC1(C)CC1c1csc(C2CCCC2)n1. The van der Waals surface area contributed by atoms with E-state index in [4.69, 9.17) is 4.98 Å². The molecule has 19 heavy (non-hydrogen) atoms. The summed E-state index contributed by atoms with van der Waals surface area (Å²) in [5, 5.41) is 3.73. The van der Waals surface area contributed by atoms with Crippen LogP contribution >= 0.6 is 11.3 Å². The quantitative estimate of drug-likeness (QED) is 0.614. The monoisotopic (exact) mass is 281 g/mol. The molecule has 1 heterocycles. The molecule has 2 aliphatic rings. The first kappa shape index (κ1) is 16.7. The molecule has 2 aliphatic carbocycles. The molecule has 3 rings (SSSR count). The lowest BCUT2D eigenvalue weighted by molar-refractivity contribution is 0.614. The smallest absolute Gasteiger partial charge is 0.0959 e. The molecule has 1 nitrogen and oxygen atoms in total. The van der Waals surface area contributed by atoms with Crippen LogP contribution in [-0.4, -0.2) is 4.98 Å². The van der Waals surface area contributed by atoms with Crippen molar-refractivity contribution in [2.24, 2.45) is 5.41 Å². The first-order valence-corrected chi connectivity index (χ1v) is 9.00. The zero-order valence-corrected chi connectivity index (χ0v) is 14.4. The molecule has 0 N–H and O–H groups in total. The van der Waals surface area contributed by atoms with Crippen molar-refractivity contribution in [3.05, 3.63) is 16.1 Å². The van der Waals surface area contributed by atoms with Gasteiger partial charge in [0.05, 0.1) is 10.7 Å². The molecule has 1 unspecified atom stereocenters. The number of thiazole rings is 1. The Hall–Kier alpha value is -0.370. The van der Waals surface area contributed by atoms with Crippen molar-refractivity contribution in [3.8, 4) is 0 Å². The van der Waals surface area contributed by atoms with Crippen LogP contribution in [0.1, 0.15) is 96.2 Å². The van der Waals surface area contributed by atoms with Crippen molar-refractivity contribution in [1.82, 2.24) is 4.98 Å². The summed E-state index contributed by atoms with van der Waals surface area (Å²) in [6.45, 7) is 12.7. The predicted molar refractivity (Wildman–Crippen MR) is 87.2 cm³/mol. The summed E-state index contributed by atoms with van der Waals surface area (Å²) in [4.78, 5) is 4.87. The van der Waals surface area contributed by atoms with Crippen LogP contribution in [0.3, 0.4) is 0 Å². The van der Waals surface area contributed by atoms with Crippen LogP contribution in [0.4, 0.5) is 0 Å². The summed E-state index contributed by atoms with van der Waals surface area (Å²) >= 11 is 1.90. The summed E-state index contributed by atoms with van der Waals surface area (Å²) in [6, 6.07) is 0. The van der Waals surface area contributed by atoms with Gasteiger partial charge in [0, 0.05) is 17.2 Å². The second-order valence-corrected chi connectivity index (χ2v) is 6.73. The molecule has 0 radical (unpaired) electrons. The lowest BCUT2D eigenvalue weighted by Gasteiger charge is -2.03. The number of aromatic nitrogens is 1. The Morgan fingerprint density at radius 3 is 2.11 bits per heavy atom. The van der Waals surface area contributed by atoms with Gasteiger partial charge in [-0.05, 0) is 24.7 Å². The molecular formula is C17H31NS. The van der Waals surface area contributed by atoms with E-state index in [2.05, 4.69) is 19.2 Å². The van der Waals surface area contributed by atoms with Crippen LogP contribution < -0.4 is 0 Å². The molecule has 0 bridgehead atoms. The first-order chi connectivity index (χ1) is 9.17. The minimum atomic E-state index is 0.529. The Morgan fingerprint density at radius 1 is 1.11 bits per heavy atom. The summed E-state index contributed by atoms with van der Waals surface area (Å²) in [6.07, 6.45) is 6.91. The van der Waals surface area contributed by atoms with E-state index >= 15 is 0 Å². The van der Waals surface area contributed by atoms with E-state index in [0.717, 1.165) is 11.8 Å². The number of hydrogen-bond donors (Lipinski definition) is 0.